The molecule has 0 amide bonds. The van der Waals surface area contributed by atoms with E-state index in [4.69, 9.17) is 0 Å². The minimum atomic E-state index is -4.35. The number of alkyl halides is 3. The van der Waals surface area contributed by atoms with Crippen LogP contribution in [-0.4, -0.2) is 29.1 Å². The van der Waals surface area contributed by atoms with Crippen molar-refractivity contribution >= 4 is 11.5 Å². The molecule has 0 bridgehead atoms. The highest BCUT2D eigenvalue weighted by molar-refractivity contribution is 6.14. The minimum absolute atomic E-state index is 0.217. The molecule has 22 heavy (non-hydrogen) atoms. The first kappa shape index (κ1) is 14.8. The van der Waals surface area contributed by atoms with Crippen molar-refractivity contribution in [3.8, 4) is 0 Å². The van der Waals surface area contributed by atoms with Crippen LogP contribution in [0.15, 0.2) is 46.5 Å². The van der Waals surface area contributed by atoms with E-state index in [1.165, 1.54) is 6.07 Å². The highest BCUT2D eigenvalue weighted by Gasteiger charge is 2.31. The minimum Gasteiger partial charge on any atom is -0.262 e. The Morgan fingerprint density at radius 2 is 2.09 bits per heavy atom. The lowest BCUT2D eigenvalue weighted by molar-refractivity contribution is -0.137. The molecule has 0 spiro atoms. The Morgan fingerprint density at radius 3 is 2.82 bits per heavy atom. The smallest absolute Gasteiger partial charge is 0.262 e. The van der Waals surface area contributed by atoms with Crippen molar-refractivity contribution in [1.82, 2.24) is 5.01 Å². The molecule has 1 atom stereocenters. The van der Waals surface area contributed by atoms with E-state index < -0.39 is 11.7 Å². The Hall–Kier alpha value is -2.11. The van der Waals surface area contributed by atoms with Crippen LogP contribution in [0.2, 0.25) is 0 Å². The first-order valence-corrected chi connectivity index (χ1v) is 7.27. The zero-order valence-electron chi connectivity index (χ0n) is 12.1. The van der Waals surface area contributed by atoms with Crippen LogP contribution < -0.4 is 0 Å². The molecule has 1 unspecified atom stereocenters. The van der Waals surface area contributed by atoms with Gasteiger partial charge in [-0.3, -0.25) is 4.99 Å². The molecule has 3 nitrogen and oxygen atoms in total. The number of allylic oxidation sites excluding steroid dienone is 1. The predicted octanol–water partition coefficient (Wildman–Crippen LogP) is 3.86. The van der Waals surface area contributed by atoms with E-state index in [2.05, 4.69) is 17.0 Å². The Morgan fingerprint density at radius 1 is 1.27 bits per heavy atom. The van der Waals surface area contributed by atoms with Gasteiger partial charge >= 0.3 is 6.18 Å². The van der Waals surface area contributed by atoms with Gasteiger partial charge in [-0.05, 0) is 30.7 Å². The quantitative estimate of drug-likeness (QED) is 0.833. The van der Waals surface area contributed by atoms with Crippen molar-refractivity contribution in [1.29, 1.82) is 0 Å². The molecule has 0 saturated heterocycles. The number of benzene rings is 1. The SMILES string of the molecule is CCCC1CN2N=C(c3cccc(C(F)(F)F)c3)C=CC2=N1. The summed E-state index contributed by atoms with van der Waals surface area (Å²) in [4.78, 5) is 4.55. The van der Waals surface area contributed by atoms with Crippen molar-refractivity contribution in [2.24, 2.45) is 10.1 Å². The van der Waals surface area contributed by atoms with Crippen molar-refractivity contribution in [2.45, 2.75) is 32.0 Å². The molecule has 0 aromatic heterocycles. The third-order valence-corrected chi connectivity index (χ3v) is 3.69. The van der Waals surface area contributed by atoms with Gasteiger partial charge in [-0.2, -0.15) is 18.3 Å². The lowest BCUT2D eigenvalue weighted by Gasteiger charge is -2.18. The van der Waals surface area contributed by atoms with E-state index >= 15 is 0 Å². The van der Waals surface area contributed by atoms with Gasteiger partial charge in [0.25, 0.3) is 0 Å². The summed E-state index contributed by atoms with van der Waals surface area (Å²) in [5.74, 6) is 0.786. The summed E-state index contributed by atoms with van der Waals surface area (Å²) in [6.45, 7) is 2.79. The van der Waals surface area contributed by atoms with Crippen LogP contribution in [0, 0.1) is 0 Å². The normalized spacial score (nSPS) is 20.7. The van der Waals surface area contributed by atoms with Gasteiger partial charge in [0.05, 0.1) is 23.9 Å². The van der Waals surface area contributed by atoms with Gasteiger partial charge in [0.15, 0.2) is 0 Å². The third kappa shape index (κ3) is 2.91. The number of nitrogens with zero attached hydrogens (tertiary/aromatic N) is 3. The Labute approximate surface area is 126 Å². The summed E-state index contributed by atoms with van der Waals surface area (Å²) in [7, 11) is 0. The molecule has 0 saturated carbocycles. The fraction of sp³-hybridized carbons (Fsp3) is 0.375. The maximum Gasteiger partial charge on any atom is 0.416 e. The second-order valence-corrected chi connectivity index (χ2v) is 5.41. The molecule has 0 N–H and O–H groups in total. The molecule has 1 aromatic rings. The Balaban J connectivity index is 1.85. The fourth-order valence-electron chi connectivity index (χ4n) is 2.62. The number of fused-ring (bicyclic) bond motifs is 1. The molecular weight excluding hydrogens is 291 g/mol. The van der Waals surface area contributed by atoms with E-state index in [1.54, 1.807) is 17.2 Å². The summed E-state index contributed by atoms with van der Waals surface area (Å²) in [6, 6.07) is 5.46. The monoisotopic (exact) mass is 307 g/mol. The predicted molar refractivity (Wildman–Crippen MR) is 80.0 cm³/mol. The maximum absolute atomic E-state index is 12.8. The van der Waals surface area contributed by atoms with Crippen molar-refractivity contribution in [2.75, 3.05) is 6.54 Å². The van der Waals surface area contributed by atoms with Crippen molar-refractivity contribution in [3.05, 3.63) is 47.5 Å². The summed E-state index contributed by atoms with van der Waals surface area (Å²) < 4.78 is 38.4. The van der Waals surface area contributed by atoms with Crippen LogP contribution in [-0.2, 0) is 6.18 Å². The second kappa shape index (κ2) is 5.59. The summed E-state index contributed by atoms with van der Waals surface area (Å²) >= 11 is 0. The van der Waals surface area contributed by atoms with Crippen LogP contribution in [0.4, 0.5) is 13.2 Å². The molecule has 1 aromatic carbocycles. The lowest BCUT2D eigenvalue weighted by Crippen LogP contribution is -2.27. The standard InChI is InChI=1S/C16H16F3N3/c1-2-4-13-10-22-15(20-13)8-7-14(21-22)11-5-3-6-12(9-11)16(17,18)19/h3,5-9,13H,2,4,10H2,1H3. The van der Waals surface area contributed by atoms with E-state index in [9.17, 15) is 13.2 Å². The van der Waals surface area contributed by atoms with Crippen molar-refractivity contribution < 1.29 is 13.2 Å². The zero-order chi connectivity index (χ0) is 15.7. The zero-order valence-corrected chi connectivity index (χ0v) is 12.1. The van der Waals surface area contributed by atoms with E-state index in [0.717, 1.165) is 30.8 Å². The van der Waals surface area contributed by atoms with E-state index in [0.29, 0.717) is 17.8 Å². The number of hydrogen-bond acceptors (Lipinski definition) is 3. The van der Waals surface area contributed by atoms with Crippen LogP contribution >= 0.6 is 0 Å². The van der Waals surface area contributed by atoms with Gasteiger partial charge in [-0.15, -0.1) is 0 Å². The molecule has 116 valence electrons. The van der Waals surface area contributed by atoms with Gasteiger partial charge in [0.1, 0.15) is 5.84 Å². The first-order valence-electron chi connectivity index (χ1n) is 7.27. The van der Waals surface area contributed by atoms with Crippen LogP contribution in [0.5, 0.6) is 0 Å². The van der Waals surface area contributed by atoms with Gasteiger partial charge in [-0.1, -0.05) is 25.5 Å². The number of hydrazone groups is 1. The number of aliphatic imine (C=N–C) groups is 1. The maximum atomic E-state index is 12.8. The number of hydrogen-bond donors (Lipinski definition) is 0. The first-order chi connectivity index (χ1) is 10.5. The molecule has 0 fully saturated rings. The van der Waals surface area contributed by atoms with E-state index in [1.807, 2.05) is 6.08 Å². The van der Waals surface area contributed by atoms with Gasteiger partial charge in [-0.25, -0.2) is 5.01 Å². The van der Waals surface area contributed by atoms with Crippen LogP contribution in [0.1, 0.15) is 30.9 Å². The molecule has 0 aliphatic carbocycles. The largest absolute Gasteiger partial charge is 0.416 e. The van der Waals surface area contributed by atoms with Crippen LogP contribution in [0.3, 0.4) is 0 Å². The molecule has 2 aliphatic heterocycles. The Kier molecular flexibility index (Phi) is 3.76. The molecule has 0 radical (unpaired) electrons. The van der Waals surface area contributed by atoms with Gasteiger partial charge < -0.3 is 0 Å². The third-order valence-electron chi connectivity index (χ3n) is 3.69. The highest BCUT2D eigenvalue weighted by atomic mass is 19.4. The molecule has 2 heterocycles. The molecule has 3 rings (SSSR count). The fourth-order valence-corrected chi connectivity index (χ4v) is 2.62. The van der Waals surface area contributed by atoms with Crippen LogP contribution in [0.25, 0.3) is 0 Å². The average Bonchev–Trinajstić information content (AvgIpc) is 2.88. The number of amidine groups is 1. The van der Waals surface area contributed by atoms with Gasteiger partial charge in [0, 0.05) is 5.56 Å². The summed E-state index contributed by atoms with van der Waals surface area (Å²) in [5, 5.41) is 6.21. The highest BCUT2D eigenvalue weighted by Crippen LogP contribution is 2.30. The summed E-state index contributed by atoms with van der Waals surface area (Å²) in [6.07, 6.45) is 1.23. The summed E-state index contributed by atoms with van der Waals surface area (Å²) in [5.41, 5.74) is 0.331. The lowest BCUT2D eigenvalue weighted by atomic mass is 10.1. The topological polar surface area (TPSA) is 28.0 Å². The van der Waals surface area contributed by atoms with Crippen molar-refractivity contribution in [3.63, 3.8) is 0 Å². The Bertz CT molecular complexity index is 659. The second-order valence-electron chi connectivity index (χ2n) is 5.41. The van der Waals surface area contributed by atoms with E-state index in [-0.39, 0.29) is 6.04 Å². The molecule has 2 aliphatic rings. The average molecular weight is 307 g/mol. The van der Waals surface area contributed by atoms with Gasteiger partial charge in [0.2, 0.25) is 0 Å². The molecular formula is C16H16F3N3. The number of rotatable bonds is 3. The number of halogens is 3. The molecule has 6 heteroatoms.